The van der Waals surface area contributed by atoms with Crippen LogP contribution < -0.4 is 10.1 Å². The molecule has 5 heteroatoms. The quantitative estimate of drug-likeness (QED) is 0.801. The number of ether oxygens (including phenoxy) is 1. The molecule has 1 aromatic heterocycles. The lowest BCUT2D eigenvalue weighted by atomic mass is 10.3. The minimum atomic E-state index is -0.179. The van der Waals surface area contributed by atoms with E-state index in [1.807, 2.05) is 43.3 Å². The van der Waals surface area contributed by atoms with E-state index in [-0.39, 0.29) is 5.91 Å². The summed E-state index contributed by atoms with van der Waals surface area (Å²) < 4.78 is 6.50. The highest BCUT2D eigenvalue weighted by Crippen LogP contribution is 2.24. The minimum absolute atomic E-state index is 0.179. The summed E-state index contributed by atoms with van der Waals surface area (Å²) in [6.45, 7) is 2.47. The summed E-state index contributed by atoms with van der Waals surface area (Å²) in [6, 6.07) is 11.3. The third-order valence-corrected chi connectivity index (χ3v) is 4.03. The van der Waals surface area contributed by atoms with Crippen LogP contribution >= 0.6 is 27.3 Å². The third-order valence-electron chi connectivity index (χ3n) is 2.44. The van der Waals surface area contributed by atoms with Gasteiger partial charge in [-0.1, -0.05) is 12.1 Å². The second kappa shape index (κ2) is 7.26. The molecule has 3 nitrogen and oxygen atoms in total. The van der Waals surface area contributed by atoms with E-state index in [0.29, 0.717) is 18.0 Å². The maximum absolute atomic E-state index is 11.9. The first kappa shape index (κ1) is 14.8. The molecule has 0 radical (unpaired) electrons. The van der Waals surface area contributed by atoms with Crippen LogP contribution in [0.4, 0.5) is 5.69 Å². The number of nitrogens with one attached hydrogen (secondary N) is 1. The molecule has 0 bridgehead atoms. The predicted molar refractivity (Wildman–Crippen MR) is 87.3 cm³/mol. The average molecular weight is 352 g/mol. The van der Waals surface area contributed by atoms with Crippen LogP contribution in [0, 0.1) is 0 Å². The van der Waals surface area contributed by atoms with Crippen molar-refractivity contribution in [1.29, 1.82) is 0 Å². The molecule has 2 rings (SSSR count). The molecule has 0 fully saturated rings. The molecule has 0 aliphatic carbocycles. The Hall–Kier alpha value is -1.59. The molecule has 0 saturated heterocycles. The van der Waals surface area contributed by atoms with Gasteiger partial charge in [0.25, 0.3) is 0 Å². The van der Waals surface area contributed by atoms with Crippen LogP contribution in [-0.4, -0.2) is 12.5 Å². The second-order valence-corrected chi connectivity index (χ2v) is 6.39. The number of carbonyl (C=O) groups is 1. The zero-order valence-corrected chi connectivity index (χ0v) is 13.3. The lowest BCUT2D eigenvalue weighted by molar-refractivity contribution is -0.111. The first-order valence-corrected chi connectivity index (χ1v) is 7.76. The SMILES string of the molecule is CCOc1ccccc1NC(=O)C=Cc1ccc(Br)s1. The number of halogens is 1. The average Bonchev–Trinajstić information content (AvgIpc) is 2.85. The Labute approximate surface area is 130 Å². The smallest absolute Gasteiger partial charge is 0.248 e. The number of anilines is 1. The van der Waals surface area contributed by atoms with Crippen molar-refractivity contribution in [2.75, 3.05) is 11.9 Å². The normalized spacial score (nSPS) is 10.7. The fourth-order valence-electron chi connectivity index (χ4n) is 1.60. The molecule has 1 N–H and O–H groups in total. The standard InChI is InChI=1S/C15H14BrNO2S/c1-2-19-13-6-4-3-5-12(13)17-15(18)10-8-11-7-9-14(16)20-11/h3-10H,2H2,1H3,(H,17,18). The number of hydrogen-bond acceptors (Lipinski definition) is 3. The largest absolute Gasteiger partial charge is 0.492 e. The molecular weight excluding hydrogens is 338 g/mol. The van der Waals surface area contributed by atoms with Gasteiger partial charge in [0.05, 0.1) is 16.1 Å². The van der Waals surface area contributed by atoms with E-state index >= 15 is 0 Å². The molecule has 0 aliphatic rings. The zero-order valence-electron chi connectivity index (χ0n) is 10.9. The predicted octanol–water partition coefficient (Wildman–Crippen LogP) is 4.56. The van der Waals surface area contributed by atoms with E-state index in [2.05, 4.69) is 21.2 Å². The summed E-state index contributed by atoms with van der Waals surface area (Å²) >= 11 is 4.96. The Morgan fingerprint density at radius 3 is 2.85 bits per heavy atom. The van der Waals surface area contributed by atoms with E-state index < -0.39 is 0 Å². The monoisotopic (exact) mass is 351 g/mol. The molecular formula is C15H14BrNO2S. The van der Waals surface area contributed by atoms with Crippen molar-refractivity contribution in [2.24, 2.45) is 0 Å². The van der Waals surface area contributed by atoms with Crippen molar-refractivity contribution in [1.82, 2.24) is 0 Å². The number of benzene rings is 1. The van der Waals surface area contributed by atoms with Crippen molar-refractivity contribution in [3.8, 4) is 5.75 Å². The van der Waals surface area contributed by atoms with Gasteiger partial charge in [0.15, 0.2) is 0 Å². The Bertz CT molecular complexity index is 622. The molecule has 0 atom stereocenters. The van der Waals surface area contributed by atoms with Crippen LogP contribution in [0.2, 0.25) is 0 Å². The van der Waals surface area contributed by atoms with Crippen molar-refractivity contribution in [2.45, 2.75) is 6.92 Å². The highest BCUT2D eigenvalue weighted by molar-refractivity contribution is 9.11. The number of thiophene rings is 1. The Morgan fingerprint density at radius 2 is 2.15 bits per heavy atom. The van der Waals surface area contributed by atoms with E-state index in [1.165, 1.54) is 6.08 Å². The molecule has 104 valence electrons. The molecule has 0 spiro atoms. The summed E-state index contributed by atoms with van der Waals surface area (Å²) in [6.07, 6.45) is 3.30. The van der Waals surface area contributed by atoms with Gasteiger partial charge in [-0.2, -0.15) is 0 Å². The molecule has 1 amide bonds. The molecule has 20 heavy (non-hydrogen) atoms. The minimum Gasteiger partial charge on any atom is -0.492 e. The summed E-state index contributed by atoms with van der Waals surface area (Å²) in [7, 11) is 0. The van der Waals surface area contributed by atoms with Crippen LogP contribution in [0.1, 0.15) is 11.8 Å². The van der Waals surface area contributed by atoms with Gasteiger partial charge in [-0.25, -0.2) is 0 Å². The van der Waals surface area contributed by atoms with E-state index in [1.54, 1.807) is 17.4 Å². The molecule has 0 aliphatic heterocycles. The second-order valence-electron chi connectivity index (χ2n) is 3.89. The van der Waals surface area contributed by atoms with Crippen LogP contribution in [0.25, 0.3) is 6.08 Å². The molecule has 1 aromatic carbocycles. The van der Waals surface area contributed by atoms with Gasteiger partial charge >= 0.3 is 0 Å². The maximum Gasteiger partial charge on any atom is 0.248 e. The third kappa shape index (κ3) is 4.21. The summed E-state index contributed by atoms with van der Waals surface area (Å²) in [5.41, 5.74) is 0.677. The summed E-state index contributed by atoms with van der Waals surface area (Å²) in [4.78, 5) is 12.9. The van der Waals surface area contributed by atoms with Crippen LogP contribution in [0.5, 0.6) is 5.75 Å². The molecule has 2 aromatic rings. The number of para-hydroxylation sites is 2. The van der Waals surface area contributed by atoms with Gasteiger partial charge in [0, 0.05) is 11.0 Å². The van der Waals surface area contributed by atoms with Crippen molar-refractivity contribution in [3.05, 3.63) is 51.1 Å². The van der Waals surface area contributed by atoms with Gasteiger partial charge in [0.1, 0.15) is 5.75 Å². The van der Waals surface area contributed by atoms with E-state index in [4.69, 9.17) is 4.74 Å². The first-order chi connectivity index (χ1) is 9.69. The highest BCUT2D eigenvalue weighted by Gasteiger charge is 2.04. The number of hydrogen-bond donors (Lipinski definition) is 1. The van der Waals surface area contributed by atoms with E-state index in [0.717, 1.165) is 8.66 Å². The Balaban J connectivity index is 2.03. The van der Waals surface area contributed by atoms with Gasteiger partial charge in [-0.3, -0.25) is 4.79 Å². The van der Waals surface area contributed by atoms with Crippen LogP contribution in [0.3, 0.4) is 0 Å². The fourth-order valence-corrected chi connectivity index (χ4v) is 2.93. The topological polar surface area (TPSA) is 38.3 Å². The van der Waals surface area contributed by atoms with Crippen molar-refractivity contribution >= 4 is 44.9 Å². The van der Waals surface area contributed by atoms with Gasteiger partial charge < -0.3 is 10.1 Å². The lowest BCUT2D eigenvalue weighted by Crippen LogP contribution is -2.09. The molecule has 0 saturated carbocycles. The zero-order chi connectivity index (χ0) is 14.4. The fraction of sp³-hybridized carbons (Fsp3) is 0.133. The van der Waals surface area contributed by atoms with Gasteiger partial charge in [-0.05, 0) is 53.2 Å². The highest BCUT2D eigenvalue weighted by atomic mass is 79.9. The number of rotatable bonds is 5. The number of amides is 1. The summed E-state index contributed by atoms with van der Waals surface area (Å²) in [5.74, 6) is 0.497. The van der Waals surface area contributed by atoms with Crippen LogP contribution in [-0.2, 0) is 4.79 Å². The first-order valence-electron chi connectivity index (χ1n) is 6.15. The maximum atomic E-state index is 11.9. The Kier molecular flexibility index (Phi) is 5.38. The molecule has 0 unspecified atom stereocenters. The lowest BCUT2D eigenvalue weighted by Gasteiger charge is -2.09. The Morgan fingerprint density at radius 1 is 1.35 bits per heavy atom. The van der Waals surface area contributed by atoms with E-state index in [9.17, 15) is 4.79 Å². The number of carbonyl (C=O) groups excluding carboxylic acids is 1. The van der Waals surface area contributed by atoms with Crippen LogP contribution in [0.15, 0.2) is 46.3 Å². The van der Waals surface area contributed by atoms with Gasteiger partial charge in [-0.15, -0.1) is 11.3 Å². The van der Waals surface area contributed by atoms with Crippen molar-refractivity contribution in [3.63, 3.8) is 0 Å². The van der Waals surface area contributed by atoms with Crippen molar-refractivity contribution < 1.29 is 9.53 Å². The molecule has 1 heterocycles. The van der Waals surface area contributed by atoms with Gasteiger partial charge in [0.2, 0.25) is 5.91 Å². The summed E-state index contributed by atoms with van der Waals surface area (Å²) in [5, 5.41) is 2.81.